The third-order valence-corrected chi connectivity index (χ3v) is 6.57. The van der Waals surface area contributed by atoms with E-state index >= 15 is 0 Å². The number of nitrogens with one attached hydrogen (secondary N) is 2. The number of hydrogen-bond donors (Lipinski definition) is 2. The van der Waals surface area contributed by atoms with E-state index in [9.17, 15) is 14.9 Å². The molecule has 1 aliphatic rings. The van der Waals surface area contributed by atoms with Gasteiger partial charge in [0.1, 0.15) is 27.6 Å². The molecule has 1 saturated heterocycles. The van der Waals surface area contributed by atoms with Gasteiger partial charge in [0.15, 0.2) is 5.57 Å². The molecule has 34 heavy (non-hydrogen) atoms. The number of carbonyl (C=O) groups excluding carboxylic acids is 1. The van der Waals surface area contributed by atoms with Crippen molar-refractivity contribution in [2.24, 2.45) is 0 Å². The Morgan fingerprint density at radius 2 is 2.09 bits per heavy atom. The number of hydrogen-bond acceptors (Lipinski definition) is 8. The van der Waals surface area contributed by atoms with Crippen molar-refractivity contribution < 1.29 is 14.3 Å². The van der Waals surface area contributed by atoms with E-state index in [2.05, 4.69) is 15.5 Å². The average Bonchev–Trinajstić information content (AvgIpc) is 3.15. The molecule has 1 aromatic carbocycles. The molecule has 2 heterocycles. The Hall–Kier alpha value is -3.13. The molecule has 0 saturated carbocycles. The van der Waals surface area contributed by atoms with Crippen molar-refractivity contribution in [2.45, 2.75) is 27.3 Å². The first-order valence-electron chi connectivity index (χ1n) is 11.4. The molecule has 0 bridgehead atoms. The number of rotatable bonds is 9. The van der Waals surface area contributed by atoms with Gasteiger partial charge in [0.2, 0.25) is 0 Å². The van der Waals surface area contributed by atoms with E-state index in [0.717, 1.165) is 61.2 Å². The van der Waals surface area contributed by atoms with Crippen molar-refractivity contribution in [2.75, 3.05) is 51.3 Å². The van der Waals surface area contributed by atoms with Gasteiger partial charge in [0.05, 0.1) is 13.2 Å². The number of carbonyl (C=O) groups is 1. The zero-order valence-corrected chi connectivity index (χ0v) is 20.7. The highest BCUT2D eigenvalue weighted by molar-refractivity contribution is 7.07. The highest BCUT2D eigenvalue weighted by atomic mass is 32.1. The number of anilines is 1. The van der Waals surface area contributed by atoms with Gasteiger partial charge in [-0.15, -0.1) is 11.3 Å². The maximum Gasteiger partial charge on any atom is 0.270 e. The third-order valence-electron chi connectivity index (χ3n) is 5.44. The Bertz CT molecular complexity index is 1220. The first kappa shape index (κ1) is 25.5. The van der Waals surface area contributed by atoms with Crippen LogP contribution in [0.5, 0.6) is 5.75 Å². The quantitative estimate of drug-likeness (QED) is 0.536. The molecule has 10 heteroatoms. The van der Waals surface area contributed by atoms with E-state index in [4.69, 9.17) is 9.47 Å². The number of nitriles is 1. The largest absolute Gasteiger partial charge is 0.492 e. The Balaban J connectivity index is 1.80. The minimum absolute atomic E-state index is 0.0586. The van der Waals surface area contributed by atoms with Gasteiger partial charge in [-0.3, -0.25) is 19.1 Å². The monoisotopic (exact) mass is 485 g/mol. The number of aromatic nitrogens is 1. The fourth-order valence-corrected chi connectivity index (χ4v) is 4.63. The molecule has 1 fully saturated rings. The lowest BCUT2D eigenvalue weighted by Crippen LogP contribution is -2.38. The van der Waals surface area contributed by atoms with Crippen LogP contribution in [-0.2, 0) is 16.1 Å². The molecule has 2 aromatic rings. The number of aryl methyl sites for hydroxylation is 1. The van der Waals surface area contributed by atoms with Crippen LogP contribution in [0.4, 0.5) is 5.69 Å². The number of amides is 1. The number of ether oxygens (including phenoxy) is 2. The van der Waals surface area contributed by atoms with Gasteiger partial charge in [0.25, 0.3) is 11.5 Å². The highest BCUT2D eigenvalue weighted by Crippen LogP contribution is 2.22. The number of morpholine rings is 1. The zero-order chi connectivity index (χ0) is 24.5. The summed E-state index contributed by atoms with van der Waals surface area (Å²) in [6, 6.07) is 7.72. The molecule has 0 atom stereocenters. The van der Waals surface area contributed by atoms with E-state index in [1.54, 1.807) is 13.1 Å². The molecule has 1 aliphatic heterocycles. The molecule has 0 unspecified atom stereocenters. The summed E-state index contributed by atoms with van der Waals surface area (Å²) in [5, 5.41) is 15.3. The lowest BCUT2D eigenvalue weighted by molar-refractivity contribution is -0.115. The summed E-state index contributed by atoms with van der Waals surface area (Å²) in [4.78, 5) is 27.5. The Morgan fingerprint density at radius 1 is 1.32 bits per heavy atom. The molecule has 9 nitrogen and oxygen atoms in total. The standard InChI is InChI=1S/C24H31N5O4S/c1-4-26-22(30)19(15-25)24-29(5-2)23(31)21(34-24)16-27-18-7-6-17(3)20(14-18)33-13-10-28-8-11-32-12-9-28/h6-7,14,16,27H,4-5,8-13H2,1-3H3,(H,26,30)/b21-16+,24-19-. The predicted octanol–water partition coefficient (Wildman–Crippen LogP) is 0.610. The van der Waals surface area contributed by atoms with Gasteiger partial charge in [-0.05, 0) is 32.4 Å². The summed E-state index contributed by atoms with van der Waals surface area (Å²) in [5.74, 6) is 0.297. The molecule has 0 aliphatic carbocycles. The van der Waals surface area contributed by atoms with Crippen molar-refractivity contribution in [1.29, 1.82) is 5.26 Å². The smallest absolute Gasteiger partial charge is 0.270 e. The normalized spacial score (nSPS) is 15.5. The van der Waals surface area contributed by atoms with Crippen LogP contribution in [-0.4, -0.2) is 61.4 Å². The summed E-state index contributed by atoms with van der Waals surface area (Å²) in [6.45, 7) is 11.1. The molecule has 0 radical (unpaired) electrons. The van der Waals surface area contributed by atoms with Crippen LogP contribution in [0.15, 0.2) is 23.0 Å². The first-order chi connectivity index (χ1) is 16.5. The van der Waals surface area contributed by atoms with Crippen molar-refractivity contribution in [3.05, 3.63) is 43.3 Å². The Morgan fingerprint density at radius 3 is 2.76 bits per heavy atom. The van der Waals surface area contributed by atoms with Crippen LogP contribution in [0.25, 0.3) is 11.8 Å². The molecule has 2 N–H and O–H groups in total. The van der Waals surface area contributed by atoms with E-state index in [0.29, 0.717) is 28.9 Å². The Kier molecular flexibility index (Phi) is 9.27. The van der Waals surface area contributed by atoms with Crippen LogP contribution in [0.2, 0.25) is 0 Å². The molecule has 182 valence electrons. The summed E-state index contributed by atoms with van der Waals surface area (Å²) in [6.07, 6.45) is 1.61. The van der Waals surface area contributed by atoms with Gasteiger partial charge < -0.3 is 20.1 Å². The molecule has 1 aromatic heterocycles. The minimum Gasteiger partial charge on any atom is -0.492 e. The van der Waals surface area contributed by atoms with Crippen LogP contribution < -0.4 is 30.1 Å². The first-order valence-corrected chi connectivity index (χ1v) is 12.2. The molecule has 1 amide bonds. The van der Waals surface area contributed by atoms with Crippen LogP contribution >= 0.6 is 11.3 Å². The highest BCUT2D eigenvalue weighted by Gasteiger charge is 2.14. The van der Waals surface area contributed by atoms with Crippen molar-refractivity contribution in [1.82, 2.24) is 14.8 Å². The molecular weight excluding hydrogens is 454 g/mol. The van der Waals surface area contributed by atoms with Gasteiger partial charge in [0, 0.05) is 50.7 Å². The summed E-state index contributed by atoms with van der Waals surface area (Å²) in [5.41, 5.74) is 1.49. The summed E-state index contributed by atoms with van der Waals surface area (Å²) < 4.78 is 13.6. The van der Waals surface area contributed by atoms with E-state index in [-0.39, 0.29) is 11.1 Å². The molecule has 0 spiro atoms. The second-order valence-corrected chi connectivity index (χ2v) is 8.77. The maximum atomic E-state index is 12.9. The number of nitrogens with zero attached hydrogens (tertiary/aromatic N) is 3. The third kappa shape index (κ3) is 6.26. The summed E-state index contributed by atoms with van der Waals surface area (Å²) in [7, 11) is 0. The minimum atomic E-state index is -0.481. The fourth-order valence-electron chi connectivity index (χ4n) is 3.54. The molecular formula is C24H31N5O4S. The van der Waals surface area contributed by atoms with Crippen LogP contribution in [0.3, 0.4) is 0 Å². The van der Waals surface area contributed by atoms with E-state index in [1.165, 1.54) is 4.57 Å². The fraction of sp³-hybridized carbons (Fsp3) is 0.458. The second-order valence-electron chi connectivity index (χ2n) is 7.74. The topological polar surface area (TPSA) is 109 Å². The number of thiazole rings is 1. The van der Waals surface area contributed by atoms with Gasteiger partial charge >= 0.3 is 0 Å². The number of benzene rings is 1. The molecule has 3 rings (SSSR count). The lowest BCUT2D eigenvalue weighted by atomic mass is 10.2. The average molecular weight is 486 g/mol. The zero-order valence-electron chi connectivity index (χ0n) is 19.8. The van der Waals surface area contributed by atoms with Crippen molar-refractivity contribution >= 4 is 34.7 Å². The maximum absolute atomic E-state index is 12.9. The predicted molar refractivity (Wildman–Crippen MR) is 133 cm³/mol. The summed E-state index contributed by atoms with van der Waals surface area (Å²) >= 11 is 1.12. The van der Waals surface area contributed by atoms with Gasteiger partial charge in [-0.1, -0.05) is 6.07 Å². The van der Waals surface area contributed by atoms with Gasteiger partial charge in [-0.25, -0.2) is 0 Å². The lowest BCUT2D eigenvalue weighted by Gasteiger charge is -2.26. The van der Waals surface area contributed by atoms with Gasteiger partial charge in [-0.2, -0.15) is 5.26 Å². The van der Waals surface area contributed by atoms with Crippen LogP contribution in [0, 0.1) is 18.3 Å². The SMILES string of the molecule is CCNC(=O)/C(C#N)=c1\s/c(=C/Nc2ccc(C)c(OCCN3CCOCC3)c2)c(=O)n1CC. The second kappa shape index (κ2) is 12.4. The van der Waals surface area contributed by atoms with Crippen molar-refractivity contribution in [3.8, 4) is 11.8 Å². The Labute approximate surface area is 202 Å². The van der Waals surface area contributed by atoms with Crippen molar-refractivity contribution in [3.63, 3.8) is 0 Å². The van der Waals surface area contributed by atoms with Crippen LogP contribution in [0.1, 0.15) is 19.4 Å². The van der Waals surface area contributed by atoms with E-state index < -0.39 is 5.91 Å². The van der Waals surface area contributed by atoms with E-state index in [1.807, 2.05) is 38.1 Å².